The van der Waals surface area contributed by atoms with Gasteiger partial charge in [-0.05, 0) is 36.8 Å². The van der Waals surface area contributed by atoms with E-state index in [1.165, 1.54) is 30.4 Å². The molecular weight excluding hydrogens is 234 g/mol. The van der Waals surface area contributed by atoms with Crippen LogP contribution in [0.15, 0.2) is 24.3 Å². The Morgan fingerprint density at radius 1 is 1.26 bits per heavy atom. The largest absolute Gasteiger partial charge is 0.381 e. The Morgan fingerprint density at radius 3 is 2.79 bits per heavy atom. The van der Waals surface area contributed by atoms with Gasteiger partial charge in [0, 0.05) is 24.6 Å². The van der Waals surface area contributed by atoms with E-state index in [-0.39, 0.29) is 5.41 Å². The molecule has 0 spiro atoms. The van der Waals surface area contributed by atoms with Gasteiger partial charge in [-0.3, -0.25) is 0 Å². The zero-order chi connectivity index (χ0) is 13.5. The molecule has 0 bridgehead atoms. The molecule has 0 aromatic heterocycles. The van der Waals surface area contributed by atoms with Gasteiger partial charge in [-0.25, -0.2) is 0 Å². The monoisotopic (exact) mass is 259 g/mol. The second kappa shape index (κ2) is 4.92. The molecule has 0 heterocycles. The summed E-state index contributed by atoms with van der Waals surface area (Å²) >= 11 is 0. The summed E-state index contributed by atoms with van der Waals surface area (Å²) in [6.45, 7) is 4.63. The molecule has 0 amide bonds. The lowest BCUT2D eigenvalue weighted by Crippen LogP contribution is -2.61. The van der Waals surface area contributed by atoms with Crippen molar-refractivity contribution in [3.05, 3.63) is 35.4 Å². The van der Waals surface area contributed by atoms with Gasteiger partial charge in [-0.15, -0.1) is 0 Å². The molecule has 0 radical (unpaired) electrons. The number of fused-ring (bicyclic) bond motifs is 1. The number of hydrogen-bond donors (Lipinski definition) is 1. The van der Waals surface area contributed by atoms with E-state index in [1.54, 1.807) is 0 Å². The number of aryl methyl sites for hydroxylation is 1. The Labute approximate surface area is 116 Å². The highest BCUT2D eigenvalue weighted by Crippen LogP contribution is 2.44. The number of nitrogens with one attached hydrogen (secondary N) is 1. The first-order valence-corrected chi connectivity index (χ1v) is 7.49. The number of benzene rings is 1. The molecule has 1 aromatic carbocycles. The molecular formula is C17H25NO. The SMILES string of the molecule is COC1CC(NC2CCCc3ccccc32)C1(C)C. The zero-order valence-electron chi connectivity index (χ0n) is 12.3. The lowest BCUT2D eigenvalue weighted by molar-refractivity contribution is -0.101. The second-order valence-electron chi connectivity index (χ2n) is 6.64. The van der Waals surface area contributed by atoms with Crippen LogP contribution >= 0.6 is 0 Å². The predicted molar refractivity (Wildman–Crippen MR) is 78.2 cm³/mol. The molecule has 1 fully saturated rings. The summed E-state index contributed by atoms with van der Waals surface area (Å²) in [6, 6.07) is 10.0. The van der Waals surface area contributed by atoms with Gasteiger partial charge in [-0.2, -0.15) is 0 Å². The molecule has 1 N–H and O–H groups in total. The molecule has 3 rings (SSSR count). The molecule has 2 aliphatic carbocycles. The summed E-state index contributed by atoms with van der Waals surface area (Å²) in [5, 5.41) is 3.89. The third-order valence-corrected chi connectivity index (χ3v) is 5.23. The lowest BCUT2D eigenvalue weighted by Gasteiger charge is -2.53. The minimum Gasteiger partial charge on any atom is -0.381 e. The number of methoxy groups -OCH3 is 1. The van der Waals surface area contributed by atoms with Crippen molar-refractivity contribution in [2.45, 2.75) is 57.7 Å². The van der Waals surface area contributed by atoms with E-state index in [9.17, 15) is 0 Å². The van der Waals surface area contributed by atoms with Crippen LogP contribution in [0.3, 0.4) is 0 Å². The fourth-order valence-corrected chi connectivity index (χ4v) is 3.74. The van der Waals surface area contributed by atoms with Gasteiger partial charge >= 0.3 is 0 Å². The van der Waals surface area contributed by atoms with Crippen molar-refractivity contribution in [3.63, 3.8) is 0 Å². The Morgan fingerprint density at radius 2 is 2.05 bits per heavy atom. The van der Waals surface area contributed by atoms with Crippen LogP contribution in [0.4, 0.5) is 0 Å². The van der Waals surface area contributed by atoms with Crippen LogP contribution in [0.5, 0.6) is 0 Å². The molecule has 104 valence electrons. The molecule has 0 aliphatic heterocycles. The van der Waals surface area contributed by atoms with E-state index in [2.05, 4.69) is 43.4 Å². The highest BCUT2D eigenvalue weighted by Gasteiger charge is 2.49. The van der Waals surface area contributed by atoms with Crippen LogP contribution in [-0.4, -0.2) is 19.3 Å². The number of rotatable bonds is 3. The summed E-state index contributed by atoms with van der Waals surface area (Å²) in [7, 11) is 1.83. The van der Waals surface area contributed by atoms with Crippen molar-refractivity contribution in [3.8, 4) is 0 Å². The Hall–Kier alpha value is -0.860. The molecule has 1 saturated carbocycles. The fourth-order valence-electron chi connectivity index (χ4n) is 3.74. The Kier molecular flexibility index (Phi) is 3.40. The van der Waals surface area contributed by atoms with Gasteiger partial charge in [0.15, 0.2) is 0 Å². The highest BCUT2D eigenvalue weighted by atomic mass is 16.5. The maximum Gasteiger partial charge on any atom is 0.0652 e. The van der Waals surface area contributed by atoms with Gasteiger partial charge in [-0.1, -0.05) is 38.1 Å². The Balaban J connectivity index is 1.72. The minimum absolute atomic E-state index is 0.251. The van der Waals surface area contributed by atoms with Crippen molar-refractivity contribution in [1.29, 1.82) is 0 Å². The van der Waals surface area contributed by atoms with E-state index < -0.39 is 0 Å². The number of ether oxygens (including phenoxy) is 1. The summed E-state index contributed by atoms with van der Waals surface area (Å²) < 4.78 is 5.55. The average molecular weight is 259 g/mol. The van der Waals surface area contributed by atoms with Crippen molar-refractivity contribution >= 4 is 0 Å². The van der Waals surface area contributed by atoms with E-state index in [0.29, 0.717) is 18.2 Å². The van der Waals surface area contributed by atoms with Gasteiger partial charge in [0.1, 0.15) is 0 Å². The smallest absolute Gasteiger partial charge is 0.0652 e. The van der Waals surface area contributed by atoms with E-state index in [1.807, 2.05) is 7.11 Å². The summed E-state index contributed by atoms with van der Waals surface area (Å²) in [4.78, 5) is 0. The van der Waals surface area contributed by atoms with E-state index in [4.69, 9.17) is 4.74 Å². The summed E-state index contributed by atoms with van der Waals surface area (Å²) in [5.74, 6) is 0. The normalized spacial score (nSPS) is 32.5. The van der Waals surface area contributed by atoms with Crippen molar-refractivity contribution in [1.82, 2.24) is 5.32 Å². The number of hydrogen-bond acceptors (Lipinski definition) is 2. The van der Waals surface area contributed by atoms with E-state index in [0.717, 1.165) is 6.42 Å². The van der Waals surface area contributed by atoms with Gasteiger partial charge in [0.25, 0.3) is 0 Å². The molecule has 2 nitrogen and oxygen atoms in total. The van der Waals surface area contributed by atoms with Crippen LogP contribution in [0.2, 0.25) is 0 Å². The van der Waals surface area contributed by atoms with Crippen molar-refractivity contribution in [2.24, 2.45) is 5.41 Å². The van der Waals surface area contributed by atoms with Gasteiger partial charge in [0.2, 0.25) is 0 Å². The highest BCUT2D eigenvalue weighted by molar-refractivity contribution is 5.32. The maximum atomic E-state index is 5.55. The standard InChI is InChI=1S/C17H25NO/c1-17(2)15(11-16(17)19-3)18-14-10-6-8-12-7-4-5-9-13(12)14/h4-5,7,9,14-16,18H,6,8,10-11H2,1-3H3. The molecule has 3 unspecified atom stereocenters. The van der Waals surface area contributed by atoms with Crippen LogP contribution in [0.1, 0.15) is 50.3 Å². The summed E-state index contributed by atoms with van der Waals surface area (Å²) in [5.41, 5.74) is 3.30. The molecule has 3 atom stereocenters. The van der Waals surface area contributed by atoms with Crippen LogP contribution in [0.25, 0.3) is 0 Å². The average Bonchev–Trinajstić information content (AvgIpc) is 2.43. The predicted octanol–water partition coefficient (Wildman–Crippen LogP) is 3.47. The quantitative estimate of drug-likeness (QED) is 0.897. The molecule has 2 heteroatoms. The van der Waals surface area contributed by atoms with Crippen LogP contribution in [-0.2, 0) is 11.2 Å². The first-order valence-electron chi connectivity index (χ1n) is 7.49. The van der Waals surface area contributed by atoms with Gasteiger partial charge in [0.05, 0.1) is 6.10 Å². The summed E-state index contributed by atoms with van der Waals surface area (Å²) in [6.07, 6.45) is 5.35. The molecule has 2 aliphatic rings. The lowest BCUT2D eigenvalue weighted by atomic mass is 9.64. The van der Waals surface area contributed by atoms with Crippen LogP contribution < -0.4 is 5.32 Å². The maximum absolute atomic E-state index is 5.55. The third kappa shape index (κ3) is 2.21. The van der Waals surface area contributed by atoms with Crippen molar-refractivity contribution < 1.29 is 4.74 Å². The second-order valence-corrected chi connectivity index (χ2v) is 6.64. The first-order chi connectivity index (χ1) is 9.13. The van der Waals surface area contributed by atoms with E-state index >= 15 is 0 Å². The minimum atomic E-state index is 0.251. The first kappa shape index (κ1) is 13.1. The van der Waals surface area contributed by atoms with Gasteiger partial charge < -0.3 is 10.1 Å². The Bertz CT molecular complexity index is 454. The van der Waals surface area contributed by atoms with Crippen LogP contribution in [0, 0.1) is 5.41 Å². The third-order valence-electron chi connectivity index (χ3n) is 5.23. The molecule has 19 heavy (non-hydrogen) atoms. The zero-order valence-corrected chi connectivity index (χ0v) is 12.3. The molecule has 0 saturated heterocycles. The fraction of sp³-hybridized carbons (Fsp3) is 0.647. The molecule has 1 aromatic rings. The van der Waals surface area contributed by atoms with Crippen molar-refractivity contribution in [2.75, 3.05) is 7.11 Å². The topological polar surface area (TPSA) is 21.3 Å².